The molecular formula is C24H18N4O2S. The average molecular weight is 427 g/mol. The van der Waals surface area contributed by atoms with Crippen molar-refractivity contribution in [2.75, 3.05) is 13.7 Å². The minimum Gasteiger partial charge on any atom is -0.496 e. The SMILES string of the molecule is C=C(C#N)CN1Cc2c(-c3ccn4ncc(-c5cccs5)c4c3)ccc(OC)c2C1=O. The first-order valence-electron chi connectivity index (χ1n) is 9.69. The molecule has 0 saturated heterocycles. The Morgan fingerprint density at radius 1 is 1.32 bits per heavy atom. The summed E-state index contributed by atoms with van der Waals surface area (Å²) in [6.07, 6.45) is 3.81. The molecule has 1 aromatic carbocycles. The summed E-state index contributed by atoms with van der Waals surface area (Å²) in [5.74, 6) is 0.397. The number of carbonyl (C=O) groups excluding carboxylic acids is 1. The van der Waals surface area contributed by atoms with Crippen molar-refractivity contribution in [1.82, 2.24) is 14.5 Å². The van der Waals surface area contributed by atoms with Crippen LogP contribution in [0.3, 0.4) is 0 Å². The lowest BCUT2D eigenvalue weighted by Gasteiger charge is -2.14. The summed E-state index contributed by atoms with van der Waals surface area (Å²) in [6, 6.07) is 14.1. The Hall–Kier alpha value is -3.89. The molecule has 6 nitrogen and oxygen atoms in total. The molecule has 0 atom stereocenters. The van der Waals surface area contributed by atoms with E-state index in [1.807, 2.05) is 52.6 Å². The monoisotopic (exact) mass is 426 g/mol. The summed E-state index contributed by atoms with van der Waals surface area (Å²) >= 11 is 1.67. The third-order valence-corrected chi connectivity index (χ3v) is 6.41. The number of hydrogen-bond acceptors (Lipinski definition) is 5. The average Bonchev–Trinajstić information content (AvgIpc) is 3.52. The van der Waals surface area contributed by atoms with Gasteiger partial charge in [-0.3, -0.25) is 4.79 Å². The maximum atomic E-state index is 13.1. The van der Waals surface area contributed by atoms with Crippen molar-refractivity contribution in [3.05, 3.63) is 77.5 Å². The smallest absolute Gasteiger partial charge is 0.258 e. The second-order valence-electron chi connectivity index (χ2n) is 7.33. The predicted octanol–water partition coefficient (Wildman–Crippen LogP) is 4.77. The van der Waals surface area contributed by atoms with E-state index in [1.54, 1.807) is 23.3 Å². The molecule has 0 N–H and O–H groups in total. The van der Waals surface area contributed by atoms with Crippen LogP contribution in [0.1, 0.15) is 15.9 Å². The molecule has 0 unspecified atom stereocenters. The van der Waals surface area contributed by atoms with Crippen LogP contribution in [0.25, 0.3) is 27.1 Å². The van der Waals surface area contributed by atoms with Crippen molar-refractivity contribution in [3.63, 3.8) is 0 Å². The Morgan fingerprint density at radius 3 is 2.94 bits per heavy atom. The molecule has 5 rings (SSSR count). The number of thiophene rings is 1. The van der Waals surface area contributed by atoms with Gasteiger partial charge >= 0.3 is 0 Å². The standard InChI is InChI=1S/C24H18N4O2S/c1-15(11-25)13-27-14-19-17(5-6-21(30-2)23(19)24(27)29)16-7-8-28-20(10-16)18(12-26-28)22-4-3-9-31-22/h3-10,12H,1,13-14H2,2H3. The number of hydrogen-bond donors (Lipinski definition) is 0. The van der Waals surface area contributed by atoms with Crippen LogP contribution in [-0.4, -0.2) is 34.1 Å². The van der Waals surface area contributed by atoms with Crippen LogP contribution in [0.4, 0.5) is 0 Å². The van der Waals surface area contributed by atoms with E-state index in [1.165, 1.54) is 0 Å². The fraction of sp³-hybridized carbons (Fsp3) is 0.125. The Bertz CT molecular complexity index is 1380. The third kappa shape index (κ3) is 3.09. The van der Waals surface area contributed by atoms with Crippen molar-refractivity contribution in [3.8, 4) is 33.4 Å². The molecule has 3 aromatic heterocycles. The van der Waals surface area contributed by atoms with Gasteiger partial charge < -0.3 is 9.64 Å². The zero-order valence-electron chi connectivity index (χ0n) is 16.8. The molecule has 0 bridgehead atoms. The number of aromatic nitrogens is 2. The van der Waals surface area contributed by atoms with Gasteiger partial charge in [-0.15, -0.1) is 11.3 Å². The van der Waals surface area contributed by atoms with E-state index < -0.39 is 0 Å². The highest BCUT2D eigenvalue weighted by Crippen LogP contribution is 2.39. The molecule has 1 aliphatic heterocycles. The number of nitriles is 1. The molecule has 7 heteroatoms. The van der Waals surface area contributed by atoms with Gasteiger partial charge in [0.25, 0.3) is 5.91 Å². The molecule has 0 aliphatic carbocycles. The zero-order valence-corrected chi connectivity index (χ0v) is 17.6. The second kappa shape index (κ2) is 7.42. The minimum absolute atomic E-state index is 0.144. The molecule has 4 aromatic rings. The number of ether oxygens (including phenoxy) is 1. The van der Waals surface area contributed by atoms with Crippen molar-refractivity contribution in [2.45, 2.75) is 6.54 Å². The molecule has 0 spiro atoms. The van der Waals surface area contributed by atoms with Crippen LogP contribution >= 0.6 is 11.3 Å². The van der Waals surface area contributed by atoms with Crippen molar-refractivity contribution < 1.29 is 9.53 Å². The van der Waals surface area contributed by atoms with Crippen LogP contribution in [-0.2, 0) is 6.54 Å². The fourth-order valence-corrected chi connectivity index (χ4v) is 4.79. The first-order chi connectivity index (χ1) is 15.1. The second-order valence-corrected chi connectivity index (χ2v) is 8.27. The lowest BCUT2D eigenvalue weighted by atomic mass is 9.96. The summed E-state index contributed by atoms with van der Waals surface area (Å²) in [5, 5.41) is 15.6. The number of nitrogens with zero attached hydrogens (tertiary/aromatic N) is 4. The number of methoxy groups -OCH3 is 1. The van der Waals surface area contributed by atoms with Gasteiger partial charge in [0.15, 0.2) is 0 Å². The van der Waals surface area contributed by atoms with Crippen LogP contribution in [0.15, 0.2) is 66.3 Å². The first-order valence-corrected chi connectivity index (χ1v) is 10.6. The van der Waals surface area contributed by atoms with Crippen molar-refractivity contribution in [2.24, 2.45) is 0 Å². The number of fused-ring (bicyclic) bond motifs is 2. The number of amides is 1. The summed E-state index contributed by atoms with van der Waals surface area (Å²) in [6.45, 7) is 4.34. The summed E-state index contributed by atoms with van der Waals surface area (Å²) in [7, 11) is 1.56. The van der Waals surface area contributed by atoms with Crippen LogP contribution in [0, 0.1) is 11.3 Å². The number of carbonyl (C=O) groups is 1. The van der Waals surface area contributed by atoms with Gasteiger partial charge in [-0.25, -0.2) is 4.52 Å². The largest absolute Gasteiger partial charge is 0.496 e. The number of benzene rings is 1. The molecule has 0 fully saturated rings. The maximum Gasteiger partial charge on any atom is 0.258 e. The fourth-order valence-electron chi connectivity index (χ4n) is 4.05. The Balaban J connectivity index is 1.64. The molecule has 1 aliphatic rings. The summed E-state index contributed by atoms with van der Waals surface area (Å²) < 4.78 is 7.33. The van der Waals surface area contributed by atoms with E-state index in [0.717, 1.165) is 32.6 Å². The molecule has 4 heterocycles. The molecule has 0 saturated carbocycles. The van der Waals surface area contributed by atoms with E-state index >= 15 is 0 Å². The van der Waals surface area contributed by atoms with Crippen molar-refractivity contribution >= 4 is 22.8 Å². The minimum atomic E-state index is -0.144. The van der Waals surface area contributed by atoms with Gasteiger partial charge in [0.05, 0.1) is 37.0 Å². The van der Waals surface area contributed by atoms with E-state index in [0.29, 0.717) is 23.4 Å². The molecule has 0 radical (unpaired) electrons. The summed E-state index contributed by atoms with van der Waals surface area (Å²) in [5.41, 5.74) is 5.85. The van der Waals surface area contributed by atoms with Gasteiger partial charge in [0, 0.05) is 28.8 Å². The number of pyridine rings is 1. The Morgan fingerprint density at radius 2 is 2.19 bits per heavy atom. The van der Waals surface area contributed by atoms with Gasteiger partial charge in [-0.2, -0.15) is 10.4 Å². The molecular weight excluding hydrogens is 408 g/mol. The van der Waals surface area contributed by atoms with Crippen molar-refractivity contribution in [1.29, 1.82) is 5.26 Å². The quantitative estimate of drug-likeness (QED) is 0.431. The number of rotatable bonds is 5. The molecule has 31 heavy (non-hydrogen) atoms. The highest BCUT2D eigenvalue weighted by Gasteiger charge is 2.33. The lowest BCUT2D eigenvalue weighted by Crippen LogP contribution is -2.25. The van der Waals surface area contributed by atoms with Gasteiger partial charge in [0.2, 0.25) is 0 Å². The van der Waals surface area contributed by atoms with E-state index in [9.17, 15) is 4.79 Å². The van der Waals surface area contributed by atoms with Crippen LogP contribution in [0.2, 0.25) is 0 Å². The Kier molecular flexibility index (Phi) is 4.57. The van der Waals surface area contributed by atoms with Gasteiger partial charge in [0.1, 0.15) is 5.75 Å². The maximum absolute atomic E-state index is 13.1. The predicted molar refractivity (Wildman–Crippen MR) is 120 cm³/mol. The molecule has 1 amide bonds. The lowest BCUT2D eigenvalue weighted by molar-refractivity contribution is 0.0791. The topological polar surface area (TPSA) is 70.6 Å². The summed E-state index contributed by atoms with van der Waals surface area (Å²) in [4.78, 5) is 15.9. The highest BCUT2D eigenvalue weighted by atomic mass is 32.1. The Labute approximate surface area is 183 Å². The third-order valence-electron chi connectivity index (χ3n) is 5.50. The van der Waals surface area contributed by atoms with E-state index in [2.05, 4.69) is 23.8 Å². The highest BCUT2D eigenvalue weighted by molar-refractivity contribution is 7.13. The van der Waals surface area contributed by atoms with Gasteiger partial charge in [-0.05, 0) is 46.3 Å². The van der Waals surface area contributed by atoms with Crippen LogP contribution in [0.5, 0.6) is 5.75 Å². The van der Waals surface area contributed by atoms with E-state index in [4.69, 9.17) is 10.00 Å². The molecule has 152 valence electrons. The normalized spacial score (nSPS) is 12.8. The van der Waals surface area contributed by atoms with E-state index in [-0.39, 0.29) is 12.5 Å². The van der Waals surface area contributed by atoms with Gasteiger partial charge in [-0.1, -0.05) is 18.7 Å². The van der Waals surface area contributed by atoms with Crippen LogP contribution < -0.4 is 4.74 Å². The first kappa shape index (κ1) is 19.1. The zero-order chi connectivity index (χ0) is 21.5.